The maximum absolute atomic E-state index is 10.5. The Morgan fingerprint density at radius 2 is 1.86 bits per heavy atom. The van der Waals surface area contributed by atoms with Gasteiger partial charge in [0.2, 0.25) is 5.91 Å². The van der Waals surface area contributed by atoms with E-state index in [1.54, 1.807) is 0 Å². The summed E-state index contributed by atoms with van der Waals surface area (Å²) in [5.41, 5.74) is 10.3. The molecule has 0 unspecified atom stereocenters. The van der Waals surface area contributed by atoms with Crippen LogP contribution in [-0.4, -0.2) is 25.0 Å². The van der Waals surface area contributed by atoms with Crippen LogP contribution in [0.25, 0.3) is 0 Å². The molecule has 0 aliphatic rings. The quantitative estimate of drug-likeness (QED) is 0.306. The molecule has 0 rings (SSSR count). The van der Waals surface area contributed by atoms with Crippen molar-refractivity contribution in [2.24, 2.45) is 16.5 Å². The van der Waals surface area contributed by atoms with Crippen LogP contribution in [0, 0.1) is 0 Å². The van der Waals surface area contributed by atoms with E-state index < -0.39 is 0 Å². The molecule has 0 aromatic heterocycles. The van der Waals surface area contributed by atoms with E-state index in [4.69, 9.17) is 11.5 Å². The number of nitrogens with zero attached hydrogens (tertiary/aromatic N) is 1. The second kappa shape index (κ2) is 8.34. The molecule has 0 heterocycles. The Hall–Kier alpha value is -1.26. The van der Waals surface area contributed by atoms with Gasteiger partial charge in [-0.05, 0) is 12.8 Å². The summed E-state index contributed by atoms with van der Waals surface area (Å²) >= 11 is 0. The highest BCUT2D eigenvalue weighted by Gasteiger charge is 1.91. The van der Waals surface area contributed by atoms with Crippen molar-refractivity contribution >= 4 is 11.9 Å². The largest absolute Gasteiger partial charge is 0.370 e. The van der Waals surface area contributed by atoms with Crippen molar-refractivity contribution in [1.82, 2.24) is 5.32 Å². The molecule has 0 radical (unpaired) electrons. The fourth-order valence-corrected chi connectivity index (χ4v) is 1.06. The first-order valence-electron chi connectivity index (χ1n) is 4.92. The summed E-state index contributed by atoms with van der Waals surface area (Å²) < 4.78 is 0. The van der Waals surface area contributed by atoms with Gasteiger partial charge in [-0.3, -0.25) is 9.79 Å². The second-order valence-corrected chi connectivity index (χ2v) is 3.20. The van der Waals surface area contributed by atoms with Gasteiger partial charge in [-0.1, -0.05) is 12.8 Å². The van der Waals surface area contributed by atoms with Crippen molar-refractivity contribution in [2.45, 2.75) is 32.6 Å². The minimum absolute atomic E-state index is 0.0329. The van der Waals surface area contributed by atoms with Crippen molar-refractivity contribution in [3.8, 4) is 0 Å². The van der Waals surface area contributed by atoms with Gasteiger partial charge in [0, 0.05) is 20.0 Å². The molecule has 0 atom stereocenters. The van der Waals surface area contributed by atoms with E-state index in [1.807, 2.05) is 0 Å². The number of nitrogens with one attached hydrogen (secondary N) is 1. The summed E-state index contributed by atoms with van der Waals surface area (Å²) in [7, 11) is 0. The Bertz CT molecular complexity index is 187. The van der Waals surface area contributed by atoms with Gasteiger partial charge in [0.25, 0.3) is 0 Å². The highest BCUT2D eigenvalue weighted by atomic mass is 16.1. The van der Waals surface area contributed by atoms with Crippen LogP contribution in [-0.2, 0) is 4.79 Å². The molecule has 0 aliphatic carbocycles. The van der Waals surface area contributed by atoms with Gasteiger partial charge in [-0.15, -0.1) is 0 Å². The van der Waals surface area contributed by atoms with Crippen molar-refractivity contribution in [2.75, 3.05) is 13.1 Å². The monoisotopic (exact) mass is 200 g/mol. The number of unbranched alkanes of at least 4 members (excludes halogenated alkanes) is 3. The first kappa shape index (κ1) is 12.7. The summed E-state index contributed by atoms with van der Waals surface area (Å²) in [4.78, 5) is 14.4. The number of rotatable bonds is 7. The van der Waals surface area contributed by atoms with Gasteiger partial charge in [0.05, 0.1) is 0 Å². The molecule has 14 heavy (non-hydrogen) atoms. The first-order chi connectivity index (χ1) is 6.63. The summed E-state index contributed by atoms with van der Waals surface area (Å²) in [5, 5.41) is 2.75. The normalized spacial score (nSPS) is 9.50. The Morgan fingerprint density at radius 3 is 2.43 bits per heavy atom. The summed E-state index contributed by atoms with van der Waals surface area (Å²) in [6, 6.07) is 0. The number of carbonyl (C=O) groups excluding carboxylic acids is 1. The average Bonchev–Trinajstić information content (AvgIpc) is 2.08. The minimum Gasteiger partial charge on any atom is -0.370 e. The summed E-state index contributed by atoms with van der Waals surface area (Å²) in [6.45, 7) is 2.98. The van der Waals surface area contributed by atoms with Crippen LogP contribution in [0.3, 0.4) is 0 Å². The molecule has 0 saturated carbocycles. The molecule has 0 spiro atoms. The van der Waals surface area contributed by atoms with Crippen molar-refractivity contribution in [3.63, 3.8) is 0 Å². The highest BCUT2D eigenvalue weighted by molar-refractivity contribution is 5.75. The van der Waals surface area contributed by atoms with Gasteiger partial charge in [-0.2, -0.15) is 0 Å². The molecule has 5 nitrogen and oxygen atoms in total. The van der Waals surface area contributed by atoms with E-state index in [0.717, 1.165) is 32.2 Å². The molecule has 0 aromatic carbocycles. The van der Waals surface area contributed by atoms with Crippen LogP contribution < -0.4 is 16.8 Å². The Morgan fingerprint density at radius 1 is 1.21 bits per heavy atom. The zero-order chi connectivity index (χ0) is 10.8. The lowest BCUT2D eigenvalue weighted by atomic mass is 10.2. The molecule has 82 valence electrons. The predicted molar refractivity (Wildman–Crippen MR) is 57.8 cm³/mol. The number of aliphatic imine (C=N–C) groups is 1. The fraction of sp³-hybridized carbons (Fsp3) is 0.778. The average molecular weight is 200 g/mol. The molecule has 0 saturated heterocycles. The maximum Gasteiger partial charge on any atom is 0.216 e. The summed E-state index contributed by atoms with van der Waals surface area (Å²) in [5.74, 6) is 0.189. The van der Waals surface area contributed by atoms with Crippen LogP contribution >= 0.6 is 0 Å². The molecule has 0 aliphatic heterocycles. The zero-order valence-corrected chi connectivity index (χ0v) is 8.75. The van der Waals surface area contributed by atoms with E-state index in [1.165, 1.54) is 6.92 Å². The number of guanidine groups is 1. The molecular weight excluding hydrogens is 180 g/mol. The van der Waals surface area contributed by atoms with Crippen LogP contribution in [0.4, 0.5) is 0 Å². The van der Waals surface area contributed by atoms with Gasteiger partial charge in [0.1, 0.15) is 0 Å². The van der Waals surface area contributed by atoms with Crippen LogP contribution in [0.15, 0.2) is 4.99 Å². The number of hydrogen-bond acceptors (Lipinski definition) is 2. The van der Waals surface area contributed by atoms with Crippen LogP contribution in [0.5, 0.6) is 0 Å². The maximum atomic E-state index is 10.5. The van der Waals surface area contributed by atoms with E-state index in [2.05, 4.69) is 10.3 Å². The molecule has 0 bridgehead atoms. The van der Waals surface area contributed by atoms with Gasteiger partial charge in [0.15, 0.2) is 5.96 Å². The molecule has 5 heteroatoms. The summed E-state index contributed by atoms with van der Waals surface area (Å²) in [6.07, 6.45) is 4.20. The predicted octanol–water partition coefficient (Wildman–Crippen LogP) is -0.0437. The molecular formula is C9H20N4O. The second-order valence-electron chi connectivity index (χ2n) is 3.20. The van der Waals surface area contributed by atoms with Gasteiger partial charge in [-0.25, -0.2) is 0 Å². The minimum atomic E-state index is 0.0329. The van der Waals surface area contributed by atoms with E-state index in [0.29, 0.717) is 6.54 Å². The lowest BCUT2D eigenvalue weighted by molar-refractivity contribution is -0.118. The molecule has 5 N–H and O–H groups in total. The number of amides is 1. The Balaban J connectivity index is 3.07. The Labute approximate surface area is 84.9 Å². The van der Waals surface area contributed by atoms with Crippen molar-refractivity contribution in [1.29, 1.82) is 0 Å². The number of nitrogens with two attached hydrogens (primary N) is 2. The highest BCUT2D eigenvalue weighted by Crippen LogP contribution is 1.98. The van der Waals surface area contributed by atoms with E-state index in [-0.39, 0.29) is 11.9 Å². The number of hydrogen-bond donors (Lipinski definition) is 3. The Kier molecular flexibility index (Phi) is 7.59. The van der Waals surface area contributed by atoms with Crippen LogP contribution in [0.2, 0.25) is 0 Å². The first-order valence-corrected chi connectivity index (χ1v) is 4.92. The SMILES string of the molecule is CC(=O)NCCCCCCN=C(N)N. The molecule has 0 aromatic rings. The van der Waals surface area contributed by atoms with Gasteiger partial charge < -0.3 is 16.8 Å². The molecule has 1 amide bonds. The van der Waals surface area contributed by atoms with Crippen LogP contribution in [0.1, 0.15) is 32.6 Å². The van der Waals surface area contributed by atoms with Crippen molar-refractivity contribution in [3.05, 3.63) is 0 Å². The lowest BCUT2D eigenvalue weighted by Crippen LogP contribution is -2.23. The lowest BCUT2D eigenvalue weighted by Gasteiger charge is -2.01. The topological polar surface area (TPSA) is 93.5 Å². The van der Waals surface area contributed by atoms with E-state index >= 15 is 0 Å². The fourth-order valence-electron chi connectivity index (χ4n) is 1.06. The van der Waals surface area contributed by atoms with Gasteiger partial charge >= 0.3 is 0 Å². The third-order valence-corrected chi connectivity index (χ3v) is 1.75. The van der Waals surface area contributed by atoms with E-state index in [9.17, 15) is 4.79 Å². The standard InChI is InChI=1S/C9H20N4O/c1-8(14)12-6-4-2-3-5-7-13-9(10)11/h2-7H2,1H3,(H,12,14)(H4,10,11,13). The smallest absolute Gasteiger partial charge is 0.216 e. The molecule has 0 fully saturated rings. The third kappa shape index (κ3) is 10.7. The zero-order valence-electron chi connectivity index (χ0n) is 8.75. The van der Waals surface area contributed by atoms with Crippen molar-refractivity contribution < 1.29 is 4.79 Å². The number of carbonyl (C=O) groups is 1. The third-order valence-electron chi connectivity index (χ3n) is 1.75.